The van der Waals surface area contributed by atoms with Gasteiger partial charge in [-0.15, -0.1) is 0 Å². The van der Waals surface area contributed by atoms with Gasteiger partial charge in [-0.05, 0) is 29.1 Å². The van der Waals surface area contributed by atoms with Gasteiger partial charge in [-0.25, -0.2) is 9.50 Å². The fourth-order valence-electron chi connectivity index (χ4n) is 1.75. The molecular formula is C12H15BrN4OS. The van der Waals surface area contributed by atoms with Crippen LogP contribution in [0.1, 0.15) is 17.3 Å². The molecule has 2 aromatic rings. The molecule has 0 N–H and O–H groups in total. The topological polar surface area (TPSA) is 50.5 Å². The van der Waals surface area contributed by atoms with Crippen LogP contribution in [0, 0.1) is 0 Å². The highest BCUT2D eigenvalue weighted by atomic mass is 79.9. The predicted molar refractivity (Wildman–Crippen MR) is 80.6 cm³/mol. The van der Waals surface area contributed by atoms with E-state index in [-0.39, 0.29) is 11.9 Å². The molecule has 0 aromatic carbocycles. The summed E-state index contributed by atoms with van der Waals surface area (Å²) >= 11 is 5.05. The summed E-state index contributed by atoms with van der Waals surface area (Å²) in [5.74, 6) is 0.854. The Hall–Kier alpha value is -1.08. The van der Waals surface area contributed by atoms with Crippen LogP contribution in [0.2, 0.25) is 0 Å². The standard InChI is InChI=1S/C12H15BrN4OS/c1-8(7-19-3)16(2)12(18)10-5-15-17-6-9(13)4-14-11(10)17/h4-6,8H,7H2,1-3H3. The number of amides is 1. The summed E-state index contributed by atoms with van der Waals surface area (Å²) in [6.07, 6.45) is 7.05. The minimum Gasteiger partial charge on any atom is -0.338 e. The van der Waals surface area contributed by atoms with E-state index in [1.165, 1.54) is 0 Å². The Morgan fingerprint density at radius 2 is 2.32 bits per heavy atom. The Kier molecular flexibility index (Phi) is 4.46. The summed E-state index contributed by atoms with van der Waals surface area (Å²) in [5.41, 5.74) is 1.11. The summed E-state index contributed by atoms with van der Waals surface area (Å²) in [7, 11) is 1.81. The summed E-state index contributed by atoms with van der Waals surface area (Å²) in [4.78, 5) is 18.4. The summed E-state index contributed by atoms with van der Waals surface area (Å²) < 4.78 is 2.43. The van der Waals surface area contributed by atoms with Crippen LogP contribution in [0.25, 0.3) is 5.65 Å². The van der Waals surface area contributed by atoms with E-state index in [1.807, 2.05) is 20.2 Å². The van der Waals surface area contributed by atoms with Crippen molar-refractivity contribution in [2.45, 2.75) is 13.0 Å². The number of carbonyl (C=O) groups is 1. The molecule has 0 spiro atoms. The maximum atomic E-state index is 12.4. The molecule has 0 aliphatic heterocycles. The first-order valence-corrected chi connectivity index (χ1v) is 7.98. The molecule has 0 aliphatic rings. The van der Waals surface area contributed by atoms with Crippen molar-refractivity contribution in [2.24, 2.45) is 0 Å². The highest BCUT2D eigenvalue weighted by molar-refractivity contribution is 9.10. The van der Waals surface area contributed by atoms with Crippen molar-refractivity contribution in [2.75, 3.05) is 19.1 Å². The molecule has 7 heteroatoms. The van der Waals surface area contributed by atoms with E-state index >= 15 is 0 Å². The molecule has 2 aromatic heterocycles. The monoisotopic (exact) mass is 342 g/mol. The minimum absolute atomic E-state index is 0.0497. The third-order valence-electron chi connectivity index (χ3n) is 2.94. The molecule has 0 radical (unpaired) electrons. The van der Waals surface area contributed by atoms with Crippen LogP contribution >= 0.6 is 27.7 Å². The van der Waals surface area contributed by atoms with E-state index in [9.17, 15) is 4.79 Å². The van der Waals surface area contributed by atoms with Gasteiger partial charge in [-0.3, -0.25) is 4.79 Å². The first-order chi connectivity index (χ1) is 9.04. The van der Waals surface area contributed by atoms with Crippen molar-refractivity contribution in [1.29, 1.82) is 0 Å². The number of hydrogen-bond donors (Lipinski definition) is 0. The SMILES string of the molecule is CSCC(C)N(C)C(=O)c1cnn2cc(Br)cnc12. The highest BCUT2D eigenvalue weighted by Gasteiger charge is 2.21. The largest absolute Gasteiger partial charge is 0.338 e. The van der Waals surface area contributed by atoms with Crippen LogP contribution in [0.15, 0.2) is 23.1 Å². The third kappa shape index (κ3) is 2.92. The summed E-state index contributed by atoms with van der Waals surface area (Å²) in [6, 6.07) is 0.174. The van der Waals surface area contributed by atoms with Crippen LogP contribution in [-0.2, 0) is 0 Å². The van der Waals surface area contributed by atoms with Crippen LogP contribution in [0.5, 0.6) is 0 Å². The van der Waals surface area contributed by atoms with Gasteiger partial charge in [0.2, 0.25) is 0 Å². The van der Waals surface area contributed by atoms with E-state index in [1.54, 1.807) is 39.8 Å². The van der Waals surface area contributed by atoms with Gasteiger partial charge in [0, 0.05) is 31.2 Å². The number of carbonyl (C=O) groups excluding carboxylic acids is 1. The van der Waals surface area contributed by atoms with Crippen molar-refractivity contribution < 1.29 is 4.79 Å². The quantitative estimate of drug-likeness (QED) is 0.855. The first-order valence-electron chi connectivity index (χ1n) is 5.79. The molecule has 0 fully saturated rings. The zero-order valence-corrected chi connectivity index (χ0v) is 13.4. The van der Waals surface area contributed by atoms with Gasteiger partial charge in [0.1, 0.15) is 5.56 Å². The van der Waals surface area contributed by atoms with Gasteiger partial charge in [-0.1, -0.05) is 0 Å². The number of thioether (sulfide) groups is 1. The van der Waals surface area contributed by atoms with E-state index in [0.717, 1.165) is 10.2 Å². The van der Waals surface area contributed by atoms with Crippen molar-refractivity contribution in [1.82, 2.24) is 19.5 Å². The lowest BCUT2D eigenvalue weighted by Crippen LogP contribution is -2.36. The Labute approximate surface area is 124 Å². The number of rotatable bonds is 4. The minimum atomic E-state index is -0.0497. The molecule has 2 rings (SSSR count). The maximum Gasteiger partial charge on any atom is 0.259 e. The molecule has 1 unspecified atom stereocenters. The van der Waals surface area contributed by atoms with Crippen LogP contribution < -0.4 is 0 Å². The normalized spacial score (nSPS) is 12.6. The summed E-state index contributed by atoms with van der Waals surface area (Å²) in [6.45, 7) is 2.03. The van der Waals surface area contributed by atoms with Gasteiger partial charge < -0.3 is 4.90 Å². The fraction of sp³-hybridized carbons (Fsp3) is 0.417. The van der Waals surface area contributed by atoms with Crippen molar-refractivity contribution in [3.63, 3.8) is 0 Å². The predicted octanol–water partition coefficient (Wildman–Crippen LogP) is 2.32. The Bertz CT molecular complexity index is 600. The van der Waals surface area contributed by atoms with Gasteiger partial charge in [0.15, 0.2) is 5.65 Å². The molecule has 2 heterocycles. The van der Waals surface area contributed by atoms with Crippen LogP contribution in [0.4, 0.5) is 0 Å². The number of hydrogen-bond acceptors (Lipinski definition) is 4. The Morgan fingerprint density at radius 3 is 3.00 bits per heavy atom. The molecule has 102 valence electrons. The molecule has 1 amide bonds. The van der Waals surface area contributed by atoms with E-state index in [2.05, 4.69) is 26.0 Å². The van der Waals surface area contributed by atoms with Crippen molar-refractivity contribution in [3.05, 3.63) is 28.6 Å². The number of aromatic nitrogens is 3. The average Bonchev–Trinajstić information content (AvgIpc) is 2.80. The van der Waals surface area contributed by atoms with E-state index < -0.39 is 0 Å². The molecule has 19 heavy (non-hydrogen) atoms. The molecule has 0 saturated heterocycles. The van der Waals surface area contributed by atoms with E-state index in [0.29, 0.717) is 11.2 Å². The Morgan fingerprint density at radius 1 is 1.58 bits per heavy atom. The zero-order chi connectivity index (χ0) is 14.0. The van der Waals surface area contributed by atoms with E-state index in [4.69, 9.17) is 0 Å². The molecule has 0 bridgehead atoms. The first kappa shape index (κ1) is 14.3. The molecule has 0 aliphatic carbocycles. The summed E-state index contributed by atoms with van der Waals surface area (Å²) in [5, 5.41) is 4.16. The lowest BCUT2D eigenvalue weighted by atomic mass is 10.2. The molecule has 1 atom stereocenters. The number of halogens is 1. The second-order valence-electron chi connectivity index (χ2n) is 4.32. The van der Waals surface area contributed by atoms with Crippen LogP contribution in [0.3, 0.4) is 0 Å². The fourth-order valence-corrected chi connectivity index (χ4v) is 2.75. The number of fused-ring (bicyclic) bond motifs is 1. The smallest absolute Gasteiger partial charge is 0.259 e. The second-order valence-corrected chi connectivity index (χ2v) is 6.15. The number of nitrogens with zero attached hydrogens (tertiary/aromatic N) is 4. The maximum absolute atomic E-state index is 12.4. The lowest BCUT2D eigenvalue weighted by molar-refractivity contribution is 0.0759. The highest BCUT2D eigenvalue weighted by Crippen LogP contribution is 2.15. The van der Waals surface area contributed by atoms with Gasteiger partial charge in [0.25, 0.3) is 5.91 Å². The third-order valence-corrected chi connectivity index (χ3v) is 4.17. The molecular weight excluding hydrogens is 328 g/mol. The average molecular weight is 343 g/mol. The van der Waals surface area contributed by atoms with Crippen LogP contribution in [-0.4, -0.2) is 50.5 Å². The second kappa shape index (κ2) is 5.92. The zero-order valence-electron chi connectivity index (χ0n) is 11.0. The lowest BCUT2D eigenvalue weighted by Gasteiger charge is -2.23. The van der Waals surface area contributed by atoms with Gasteiger partial charge in [0.05, 0.1) is 10.7 Å². The van der Waals surface area contributed by atoms with Gasteiger partial charge in [-0.2, -0.15) is 16.9 Å². The Balaban J connectivity index is 2.31. The molecule has 0 saturated carbocycles. The van der Waals surface area contributed by atoms with Gasteiger partial charge >= 0.3 is 0 Å². The van der Waals surface area contributed by atoms with Crippen molar-refractivity contribution >= 4 is 39.2 Å². The van der Waals surface area contributed by atoms with Crippen molar-refractivity contribution in [3.8, 4) is 0 Å². The molecule has 5 nitrogen and oxygen atoms in total.